The van der Waals surface area contributed by atoms with E-state index in [-0.39, 0.29) is 11.1 Å². The fraction of sp³-hybridized carbons (Fsp3) is 0.118. The van der Waals surface area contributed by atoms with Gasteiger partial charge in [0.2, 0.25) is 0 Å². The summed E-state index contributed by atoms with van der Waals surface area (Å²) in [5, 5.41) is 8.68. The first kappa shape index (κ1) is 19.4. The van der Waals surface area contributed by atoms with Crippen molar-refractivity contribution >= 4 is 12.0 Å². The Morgan fingerprint density at radius 1 is 0.962 bits per heavy atom. The van der Waals surface area contributed by atoms with Crippen LogP contribution in [0.2, 0.25) is 0 Å². The van der Waals surface area contributed by atoms with Crippen molar-refractivity contribution in [2.45, 2.75) is 12.5 Å². The highest BCUT2D eigenvalue weighted by molar-refractivity contribution is 5.88. The van der Waals surface area contributed by atoms with E-state index >= 15 is 0 Å². The van der Waals surface area contributed by atoms with Gasteiger partial charge in [-0.1, -0.05) is 24.3 Å². The SMILES string of the molecule is O=C(O)/C=C/c1c(-c2ccc(OC(F)(F)F)cc2)cccc1C(F)(F)F. The van der Waals surface area contributed by atoms with Gasteiger partial charge in [-0.15, -0.1) is 13.2 Å². The maximum atomic E-state index is 13.2. The van der Waals surface area contributed by atoms with Crippen molar-refractivity contribution in [3.8, 4) is 16.9 Å². The molecule has 0 aliphatic heterocycles. The largest absolute Gasteiger partial charge is 0.573 e. The minimum atomic E-state index is -4.90. The second kappa shape index (κ2) is 7.11. The van der Waals surface area contributed by atoms with E-state index in [2.05, 4.69) is 4.74 Å². The molecule has 0 aliphatic carbocycles. The third-order valence-corrected chi connectivity index (χ3v) is 3.20. The molecule has 0 aliphatic rings. The molecule has 0 spiro atoms. The number of rotatable bonds is 4. The van der Waals surface area contributed by atoms with Crippen molar-refractivity contribution in [3.63, 3.8) is 0 Å². The van der Waals surface area contributed by atoms with Crippen LogP contribution in [0, 0.1) is 0 Å². The Morgan fingerprint density at radius 3 is 2.08 bits per heavy atom. The monoisotopic (exact) mass is 376 g/mol. The Morgan fingerprint density at radius 2 is 1.58 bits per heavy atom. The molecule has 9 heteroatoms. The second-order valence-corrected chi connectivity index (χ2v) is 5.01. The van der Waals surface area contributed by atoms with E-state index in [1.54, 1.807) is 0 Å². The van der Waals surface area contributed by atoms with Gasteiger partial charge < -0.3 is 9.84 Å². The Labute approximate surface area is 143 Å². The molecule has 0 bridgehead atoms. The predicted molar refractivity (Wildman–Crippen MR) is 80.2 cm³/mol. The normalized spacial score (nSPS) is 12.4. The summed E-state index contributed by atoms with van der Waals surface area (Å²) in [4.78, 5) is 10.7. The van der Waals surface area contributed by atoms with Crippen LogP contribution in [0.3, 0.4) is 0 Å². The molecule has 0 saturated heterocycles. The molecule has 0 saturated carbocycles. The number of benzene rings is 2. The average molecular weight is 376 g/mol. The van der Waals surface area contributed by atoms with Crippen LogP contribution in [0.15, 0.2) is 48.5 Å². The average Bonchev–Trinajstić information content (AvgIpc) is 2.51. The number of halogens is 6. The summed E-state index contributed by atoms with van der Waals surface area (Å²) in [7, 11) is 0. The number of alkyl halides is 6. The summed E-state index contributed by atoms with van der Waals surface area (Å²) >= 11 is 0. The highest BCUT2D eigenvalue weighted by Crippen LogP contribution is 2.38. The number of carboxylic acid groups (broad SMARTS) is 1. The zero-order chi connectivity index (χ0) is 19.5. The highest BCUT2D eigenvalue weighted by Gasteiger charge is 2.34. The fourth-order valence-corrected chi connectivity index (χ4v) is 2.23. The van der Waals surface area contributed by atoms with Gasteiger partial charge in [-0.3, -0.25) is 0 Å². The third-order valence-electron chi connectivity index (χ3n) is 3.20. The van der Waals surface area contributed by atoms with E-state index in [1.165, 1.54) is 6.07 Å². The van der Waals surface area contributed by atoms with Crippen molar-refractivity contribution < 1.29 is 41.0 Å². The lowest BCUT2D eigenvalue weighted by molar-refractivity contribution is -0.274. The van der Waals surface area contributed by atoms with E-state index in [4.69, 9.17) is 5.11 Å². The van der Waals surface area contributed by atoms with E-state index < -0.39 is 35.4 Å². The lowest BCUT2D eigenvalue weighted by Gasteiger charge is -2.15. The topological polar surface area (TPSA) is 46.5 Å². The van der Waals surface area contributed by atoms with E-state index in [1.807, 2.05) is 0 Å². The van der Waals surface area contributed by atoms with Gasteiger partial charge in [-0.2, -0.15) is 13.2 Å². The number of hydrogen-bond donors (Lipinski definition) is 1. The Bertz CT molecular complexity index is 820. The number of hydrogen-bond acceptors (Lipinski definition) is 2. The molecule has 2 rings (SSSR count). The van der Waals surface area contributed by atoms with Gasteiger partial charge in [0.05, 0.1) is 5.56 Å². The van der Waals surface area contributed by atoms with E-state index in [0.717, 1.165) is 42.5 Å². The van der Waals surface area contributed by atoms with Gasteiger partial charge in [0.25, 0.3) is 0 Å². The molecule has 0 fully saturated rings. The molecule has 0 aromatic heterocycles. The summed E-state index contributed by atoms with van der Waals surface area (Å²) in [6.07, 6.45) is -8.30. The lowest BCUT2D eigenvalue weighted by atomic mass is 9.94. The molecule has 0 amide bonds. The first-order chi connectivity index (χ1) is 12.0. The maximum Gasteiger partial charge on any atom is 0.573 e. The molecule has 1 N–H and O–H groups in total. The van der Waals surface area contributed by atoms with Crippen LogP contribution in [-0.4, -0.2) is 17.4 Å². The van der Waals surface area contributed by atoms with Crippen LogP contribution in [0.4, 0.5) is 26.3 Å². The summed E-state index contributed by atoms with van der Waals surface area (Å²) in [6.45, 7) is 0. The first-order valence-corrected chi connectivity index (χ1v) is 6.95. The predicted octanol–water partition coefficient (Wildman–Crippen LogP) is 5.37. The number of ether oxygens (including phenoxy) is 1. The molecule has 0 radical (unpaired) electrons. The number of carboxylic acids is 1. The van der Waals surface area contributed by atoms with Crippen molar-refractivity contribution in [1.82, 2.24) is 0 Å². The molecule has 0 heterocycles. The molecule has 0 atom stereocenters. The van der Waals surface area contributed by atoms with Gasteiger partial charge in [0.1, 0.15) is 5.75 Å². The summed E-state index contributed by atoms with van der Waals surface area (Å²) < 4.78 is 79.8. The van der Waals surface area contributed by atoms with Gasteiger partial charge in [0.15, 0.2) is 0 Å². The van der Waals surface area contributed by atoms with Crippen LogP contribution in [0.1, 0.15) is 11.1 Å². The van der Waals surface area contributed by atoms with Gasteiger partial charge in [0, 0.05) is 6.08 Å². The van der Waals surface area contributed by atoms with Crippen molar-refractivity contribution in [2.75, 3.05) is 0 Å². The summed E-state index contributed by atoms with van der Waals surface area (Å²) in [5.74, 6) is -1.97. The summed E-state index contributed by atoms with van der Waals surface area (Å²) in [5.41, 5.74) is -1.30. The Hall–Kier alpha value is -2.97. The molecule has 2 aromatic rings. The Kier molecular flexibility index (Phi) is 5.29. The Balaban J connectivity index is 2.53. The van der Waals surface area contributed by atoms with Crippen LogP contribution in [0.25, 0.3) is 17.2 Å². The molecule has 2 aromatic carbocycles. The molecular weight excluding hydrogens is 366 g/mol. The smallest absolute Gasteiger partial charge is 0.478 e. The fourth-order valence-electron chi connectivity index (χ4n) is 2.23. The maximum absolute atomic E-state index is 13.2. The van der Waals surface area contributed by atoms with Crippen molar-refractivity contribution in [3.05, 3.63) is 59.7 Å². The van der Waals surface area contributed by atoms with Gasteiger partial charge >= 0.3 is 18.5 Å². The number of carbonyl (C=O) groups is 1. The first-order valence-electron chi connectivity index (χ1n) is 6.95. The molecule has 138 valence electrons. The summed E-state index contributed by atoms with van der Waals surface area (Å²) in [6, 6.07) is 7.41. The van der Waals surface area contributed by atoms with Gasteiger partial charge in [-0.25, -0.2) is 4.79 Å². The van der Waals surface area contributed by atoms with Crippen molar-refractivity contribution in [1.29, 1.82) is 0 Å². The van der Waals surface area contributed by atoms with Crippen LogP contribution in [0.5, 0.6) is 5.75 Å². The standard InChI is InChI=1S/C17H10F6O3/c18-16(19,20)14-3-1-2-12(13(14)8-9-15(24)25)10-4-6-11(7-5-10)26-17(21,22)23/h1-9H,(H,24,25)/b9-8+. The van der Waals surface area contributed by atoms with Crippen molar-refractivity contribution in [2.24, 2.45) is 0 Å². The third kappa shape index (κ3) is 5.01. The lowest BCUT2D eigenvalue weighted by Crippen LogP contribution is -2.16. The van der Waals surface area contributed by atoms with Crippen LogP contribution < -0.4 is 4.74 Å². The molecule has 0 unspecified atom stereocenters. The van der Waals surface area contributed by atoms with Crippen LogP contribution >= 0.6 is 0 Å². The minimum absolute atomic E-state index is 0.0101. The minimum Gasteiger partial charge on any atom is -0.478 e. The second-order valence-electron chi connectivity index (χ2n) is 5.01. The zero-order valence-electron chi connectivity index (χ0n) is 12.7. The molecular formula is C17H10F6O3. The van der Waals surface area contributed by atoms with E-state index in [0.29, 0.717) is 6.08 Å². The highest BCUT2D eigenvalue weighted by atomic mass is 19.4. The number of aliphatic carboxylic acids is 1. The van der Waals surface area contributed by atoms with E-state index in [9.17, 15) is 31.1 Å². The molecule has 3 nitrogen and oxygen atoms in total. The van der Waals surface area contributed by atoms with Gasteiger partial charge in [-0.05, 0) is 41.0 Å². The molecule has 26 heavy (non-hydrogen) atoms. The zero-order valence-corrected chi connectivity index (χ0v) is 12.7. The quantitative estimate of drug-likeness (QED) is 0.577. The van der Waals surface area contributed by atoms with Crippen LogP contribution in [-0.2, 0) is 11.0 Å².